The van der Waals surface area contributed by atoms with Crippen molar-refractivity contribution in [2.45, 2.75) is 20.3 Å². The summed E-state index contributed by atoms with van der Waals surface area (Å²) in [6, 6.07) is 13.4. The van der Waals surface area contributed by atoms with Crippen molar-refractivity contribution >= 4 is 11.6 Å². The van der Waals surface area contributed by atoms with E-state index in [1.165, 1.54) is 7.11 Å². The van der Waals surface area contributed by atoms with Crippen LogP contribution in [0.5, 0.6) is 0 Å². The second-order valence-corrected chi connectivity index (χ2v) is 7.21. The number of fused-ring (bicyclic) bond motifs is 1. The number of esters is 1. The van der Waals surface area contributed by atoms with Crippen LogP contribution >= 0.6 is 0 Å². The smallest absolute Gasteiger partial charge is 0.338 e. The van der Waals surface area contributed by atoms with E-state index in [1.807, 2.05) is 47.9 Å². The van der Waals surface area contributed by atoms with Crippen molar-refractivity contribution < 1.29 is 9.53 Å². The summed E-state index contributed by atoms with van der Waals surface area (Å²) in [6.07, 6.45) is 4.40. The molecule has 0 aliphatic heterocycles. The minimum Gasteiger partial charge on any atom is -0.465 e. The molecule has 0 bridgehead atoms. The van der Waals surface area contributed by atoms with E-state index in [4.69, 9.17) is 9.72 Å². The van der Waals surface area contributed by atoms with E-state index in [-0.39, 0.29) is 5.56 Å². The lowest BCUT2D eigenvalue weighted by atomic mass is 9.94. The van der Waals surface area contributed by atoms with Crippen LogP contribution in [-0.2, 0) is 18.2 Å². The van der Waals surface area contributed by atoms with Crippen molar-refractivity contribution in [1.29, 1.82) is 0 Å². The fourth-order valence-corrected chi connectivity index (χ4v) is 3.87. The Kier molecular flexibility index (Phi) is 4.99. The predicted molar refractivity (Wildman–Crippen MR) is 117 cm³/mol. The Balaban J connectivity index is 1.97. The van der Waals surface area contributed by atoms with Crippen LogP contribution in [0.25, 0.3) is 28.0 Å². The lowest BCUT2D eigenvalue weighted by molar-refractivity contribution is 0.0600. The number of pyridine rings is 2. The van der Waals surface area contributed by atoms with Gasteiger partial charge in [-0.3, -0.25) is 4.79 Å². The molecule has 1 aromatic carbocycles. The third-order valence-electron chi connectivity index (χ3n) is 5.46. The highest BCUT2D eigenvalue weighted by molar-refractivity contribution is 5.91. The minimum atomic E-state index is -0.392. The normalized spacial score (nSPS) is 11.1. The van der Waals surface area contributed by atoms with Crippen molar-refractivity contribution in [3.05, 3.63) is 82.0 Å². The molecule has 6 nitrogen and oxygen atoms in total. The predicted octanol–water partition coefficient (Wildman–Crippen LogP) is 4.02. The van der Waals surface area contributed by atoms with Gasteiger partial charge in [0.15, 0.2) is 0 Å². The highest BCUT2D eigenvalue weighted by Gasteiger charge is 2.19. The van der Waals surface area contributed by atoms with Crippen LogP contribution in [0.1, 0.15) is 28.5 Å². The van der Waals surface area contributed by atoms with Crippen molar-refractivity contribution in [3.63, 3.8) is 0 Å². The molecule has 0 aliphatic rings. The van der Waals surface area contributed by atoms with E-state index >= 15 is 0 Å². The Labute approximate surface area is 174 Å². The van der Waals surface area contributed by atoms with Gasteiger partial charge in [-0.15, -0.1) is 0 Å². The topological polar surface area (TPSA) is 65.6 Å². The zero-order chi connectivity index (χ0) is 21.4. The number of carbonyl (C=O) groups excluding carboxylic acids is 1. The maximum Gasteiger partial charge on any atom is 0.338 e. The van der Waals surface area contributed by atoms with E-state index < -0.39 is 5.97 Å². The molecule has 4 rings (SSSR count). The quantitative estimate of drug-likeness (QED) is 0.485. The summed E-state index contributed by atoms with van der Waals surface area (Å²) >= 11 is 0. The standard InChI is InChI=1S/C24H23N3O3/c1-5-20-22(25-21-14-16(24(29)30-4)10-13-27(20)21)19-9-7-6-8-18(19)17-11-12-26(3)23(28)15(17)2/h6-14H,5H2,1-4H3. The highest BCUT2D eigenvalue weighted by atomic mass is 16.5. The molecule has 0 spiro atoms. The third-order valence-corrected chi connectivity index (χ3v) is 5.46. The number of carbonyl (C=O) groups is 1. The molecule has 0 N–H and O–H groups in total. The molecular weight excluding hydrogens is 378 g/mol. The van der Waals surface area contributed by atoms with Gasteiger partial charge < -0.3 is 13.7 Å². The van der Waals surface area contributed by atoms with Crippen molar-refractivity contribution in [1.82, 2.24) is 14.0 Å². The average molecular weight is 401 g/mol. The van der Waals surface area contributed by atoms with E-state index in [0.717, 1.165) is 34.5 Å². The fraction of sp³-hybridized carbons (Fsp3) is 0.208. The van der Waals surface area contributed by atoms with Gasteiger partial charge in [0.05, 0.1) is 24.1 Å². The van der Waals surface area contributed by atoms with Gasteiger partial charge in [-0.25, -0.2) is 9.78 Å². The van der Waals surface area contributed by atoms with Gasteiger partial charge in [0, 0.05) is 30.6 Å². The molecule has 0 aliphatic carbocycles. The summed E-state index contributed by atoms with van der Waals surface area (Å²) < 4.78 is 8.41. The molecular formula is C24H23N3O3. The van der Waals surface area contributed by atoms with Crippen LogP contribution in [0.15, 0.2) is 59.7 Å². The van der Waals surface area contributed by atoms with Gasteiger partial charge >= 0.3 is 5.97 Å². The summed E-state index contributed by atoms with van der Waals surface area (Å²) in [5, 5.41) is 0. The second kappa shape index (κ2) is 7.63. The Bertz CT molecular complexity index is 1330. The Hall–Kier alpha value is -3.67. The number of aromatic nitrogens is 3. The van der Waals surface area contributed by atoms with E-state index in [9.17, 15) is 9.59 Å². The molecule has 0 atom stereocenters. The maximum absolute atomic E-state index is 12.5. The van der Waals surface area contributed by atoms with Gasteiger partial charge in [-0.1, -0.05) is 31.2 Å². The van der Waals surface area contributed by atoms with Crippen LogP contribution in [0, 0.1) is 6.92 Å². The number of hydrogen-bond acceptors (Lipinski definition) is 4. The molecule has 152 valence electrons. The van der Waals surface area contributed by atoms with Gasteiger partial charge in [0.25, 0.3) is 5.56 Å². The van der Waals surface area contributed by atoms with Crippen LogP contribution in [0.3, 0.4) is 0 Å². The van der Waals surface area contributed by atoms with Gasteiger partial charge in [-0.2, -0.15) is 0 Å². The molecule has 0 amide bonds. The molecule has 0 fully saturated rings. The van der Waals surface area contributed by atoms with Crippen molar-refractivity contribution in [2.75, 3.05) is 7.11 Å². The largest absolute Gasteiger partial charge is 0.465 e. The number of aryl methyl sites for hydroxylation is 2. The maximum atomic E-state index is 12.5. The Morgan fingerprint density at radius 1 is 1.07 bits per heavy atom. The molecule has 4 aromatic rings. The van der Waals surface area contributed by atoms with Gasteiger partial charge in [-0.05, 0) is 42.7 Å². The first-order chi connectivity index (χ1) is 14.5. The molecule has 0 saturated carbocycles. The zero-order valence-electron chi connectivity index (χ0n) is 17.5. The average Bonchev–Trinajstić information content (AvgIpc) is 3.14. The first kappa shape index (κ1) is 19.6. The first-order valence-corrected chi connectivity index (χ1v) is 9.81. The Morgan fingerprint density at radius 3 is 2.50 bits per heavy atom. The number of hydrogen-bond donors (Lipinski definition) is 0. The number of ether oxygens (including phenoxy) is 1. The first-order valence-electron chi connectivity index (χ1n) is 9.81. The number of rotatable bonds is 4. The minimum absolute atomic E-state index is 0.0178. The van der Waals surface area contributed by atoms with Crippen molar-refractivity contribution in [3.8, 4) is 22.4 Å². The van der Waals surface area contributed by atoms with E-state index in [0.29, 0.717) is 16.8 Å². The molecule has 3 aromatic heterocycles. The molecule has 0 unspecified atom stereocenters. The number of methoxy groups -OCH3 is 1. The van der Waals surface area contributed by atoms with Crippen molar-refractivity contribution in [2.24, 2.45) is 7.05 Å². The molecule has 6 heteroatoms. The lowest BCUT2D eigenvalue weighted by Gasteiger charge is -2.12. The van der Waals surface area contributed by atoms with Gasteiger partial charge in [0.1, 0.15) is 5.65 Å². The molecule has 3 heterocycles. The summed E-state index contributed by atoms with van der Waals surface area (Å²) in [5.74, 6) is -0.392. The molecule has 0 saturated heterocycles. The third kappa shape index (κ3) is 3.10. The summed E-state index contributed by atoms with van der Waals surface area (Å²) in [5.41, 5.74) is 6.50. The summed E-state index contributed by atoms with van der Waals surface area (Å²) in [7, 11) is 3.12. The SMILES string of the molecule is CCc1c(-c2ccccc2-c2ccn(C)c(=O)c2C)nc2cc(C(=O)OC)ccn12. The molecule has 0 radical (unpaired) electrons. The van der Waals surface area contributed by atoms with Crippen LogP contribution < -0.4 is 5.56 Å². The lowest BCUT2D eigenvalue weighted by Crippen LogP contribution is -2.19. The summed E-state index contributed by atoms with van der Waals surface area (Å²) in [4.78, 5) is 29.3. The zero-order valence-corrected chi connectivity index (χ0v) is 17.5. The van der Waals surface area contributed by atoms with E-state index in [1.54, 1.807) is 29.9 Å². The van der Waals surface area contributed by atoms with Gasteiger partial charge in [0.2, 0.25) is 0 Å². The van der Waals surface area contributed by atoms with Crippen LogP contribution in [0.2, 0.25) is 0 Å². The van der Waals surface area contributed by atoms with Crippen LogP contribution in [0.4, 0.5) is 0 Å². The Morgan fingerprint density at radius 2 is 1.80 bits per heavy atom. The summed E-state index contributed by atoms with van der Waals surface area (Å²) in [6.45, 7) is 3.93. The second-order valence-electron chi connectivity index (χ2n) is 7.21. The number of nitrogens with zero attached hydrogens (tertiary/aromatic N) is 3. The van der Waals surface area contributed by atoms with Crippen LogP contribution in [-0.4, -0.2) is 27.0 Å². The monoisotopic (exact) mass is 401 g/mol. The number of imidazole rings is 1. The highest BCUT2D eigenvalue weighted by Crippen LogP contribution is 2.35. The van der Waals surface area contributed by atoms with E-state index in [2.05, 4.69) is 6.92 Å². The fourth-order valence-electron chi connectivity index (χ4n) is 3.87. The number of benzene rings is 1. The molecule has 30 heavy (non-hydrogen) atoms.